The second-order valence-corrected chi connectivity index (χ2v) is 15.1. The summed E-state index contributed by atoms with van der Waals surface area (Å²) in [5.41, 5.74) is 3.46. The normalized spacial score (nSPS) is 12.9. The van der Waals surface area contributed by atoms with E-state index in [4.69, 9.17) is 0 Å². The summed E-state index contributed by atoms with van der Waals surface area (Å²) in [5.74, 6) is -2.03. The Morgan fingerprint density at radius 1 is 0.708 bits per heavy atom. The maximum Gasteiger partial charge on any atom is 0.326 e. The van der Waals surface area contributed by atoms with Gasteiger partial charge in [-0.15, -0.1) is 0 Å². The summed E-state index contributed by atoms with van der Waals surface area (Å²) >= 11 is 0. The van der Waals surface area contributed by atoms with Crippen molar-refractivity contribution in [2.24, 2.45) is 0 Å². The van der Waals surface area contributed by atoms with Crippen LogP contribution < -0.4 is 5.32 Å². The molecule has 1 atom stereocenters. The number of benzene rings is 4. The predicted molar refractivity (Wildman–Crippen MR) is 184 cm³/mol. The van der Waals surface area contributed by atoms with E-state index in [0.29, 0.717) is 32.9 Å². The third kappa shape index (κ3) is 6.15. The van der Waals surface area contributed by atoms with E-state index in [-0.39, 0.29) is 16.2 Å². The average Bonchev–Trinajstić information content (AvgIpc) is 3.63. The van der Waals surface area contributed by atoms with E-state index in [1.165, 1.54) is 42.7 Å². The second-order valence-electron chi connectivity index (χ2n) is 11.4. The summed E-state index contributed by atoms with van der Waals surface area (Å²) in [6, 6.07) is 25.1. The number of hydrogen-bond donors (Lipinski definition) is 2. The Balaban J connectivity index is 1.27. The van der Waals surface area contributed by atoms with Gasteiger partial charge in [-0.25, -0.2) is 29.6 Å². The fourth-order valence-corrected chi connectivity index (χ4v) is 8.31. The Morgan fingerprint density at radius 2 is 1.19 bits per heavy atom. The van der Waals surface area contributed by atoms with Gasteiger partial charge in [-0.3, -0.25) is 4.79 Å². The third-order valence-electron chi connectivity index (χ3n) is 8.08. The van der Waals surface area contributed by atoms with Crippen molar-refractivity contribution in [1.82, 2.24) is 13.3 Å². The van der Waals surface area contributed by atoms with Crippen LogP contribution >= 0.6 is 0 Å². The molecule has 6 aromatic rings. The fraction of sp³-hybridized carbons (Fsp3) is 0.111. The van der Waals surface area contributed by atoms with E-state index in [2.05, 4.69) is 5.32 Å². The van der Waals surface area contributed by atoms with Gasteiger partial charge in [0.25, 0.3) is 20.0 Å². The fourth-order valence-electron chi connectivity index (χ4n) is 5.54. The first-order valence-corrected chi connectivity index (χ1v) is 17.8. The van der Waals surface area contributed by atoms with Crippen LogP contribution in [-0.4, -0.2) is 47.8 Å². The van der Waals surface area contributed by atoms with Crippen LogP contribution in [0.3, 0.4) is 0 Å². The molecule has 2 heterocycles. The number of amides is 1. The highest BCUT2D eigenvalue weighted by atomic mass is 32.2. The van der Waals surface area contributed by atoms with Gasteiger partial charge in [0.15, 0.2) is 0 Å². The number of carbonyl (C=O) groups excluding carboxylic acids is 1. The van der Waals surface area contributed by atoms with Crippen LogP contribution in [0.5, 0.6) is 0 Å². The van der Waals surface area contributed by atoms with E-state index in [1.807, 2.05) is 13.8 Å². The van der Waals surface area contributed by atoms with Gasteiger partial charge in [-0.05, 0) is 61.9 Å². The molecule has 244 valence electrons. The van der Waals surface area contributed by atoms with Crippen LogP contribution in [0.2, 0.25) is 0 Å². The van der Waals surface area contributed by atoms with Crippen molar-refractivity contribution in [2.45, 2.75) is 36.1 Å². The maximum atomic E-state index is 13.6. The number of carboxylic acids is 1. The van der Waals surface area contributed by atoms with Crippen molar-refractivity contribution in [2.75, 3.05) is 0 Å². The van der Waals surface area contributed by atoms with Crippen molar-refractivity contribution >= 4 is 59.8 Å². The van der Waals surface area contributed by atoms with Gasteiger partial charge in [-0.2, -0.15) is 0 Å². The molecule has 0 fully saturated rings. The number of rotatable bonds is 10. The summed E-state index contributed by atoms with van der Waals surface area (Å²) in [7, 11) is -7.95. The maximum absolute atomic E-state index is 13.6. The van der Waals surface area contributed by atoms with Gasteiger partial charge >= 0.3 is 5.97 Å². The highest BCUT2D eigenvalue weighted by molar-refractivity contribution is 7.90. The number of hydrogen-bond acceptors (Lipinski definition) is 6. The van der Waals surface area contributed by atoms with Crippen LogP contribution in [0.25, 0.3) is 27.9 Å². The second kappa shape index (κ2) is 12.6. The zero-order valence-electron chi connectivity index (χ0n) is 25.9. The van der Waals surface area contributed by atoms with Gasteiger partial charge in [0.2, 0.25) is 5.91 Å². The molecule has 10 nitrogen and oxygen atoms in total. The van der Waals surface area contributed by atoms with E-state index in [9.17, 15) is 31.5 Å². The first kappa shape index (κ1) is 32.5. The van der Waals surface area contributed by atoms with Crippen LogP contribution in [-0.2, 0) is 36.1 Å². The highest BCUT2D eigenvalue weighted by Gasteiger charge is 2.26. The summed E-state index contributed by atoms with van der Waals surface area (Å²) in [4.78, 5) is 25.6. The number of nitrogens with one attached hydrogen (secondary N) is 1. The Labute approximate surface area is 277 Å². The average molecular weight is 682 g/mol. The van der Waals surface area contributed by atoms with E-state index in [1.54, 1.807) is 72.8 Å². The van der Waals surface area contributed by atoms with Crippen LogP contribution in [0, 0.1) is 13.8 Å². The largest absolute Gasteiger partial charge is 0.480 e. The van der Waals surface area contributed by atoms with Gasteiger partial charge < -0.3 is 10.4 Å². The first-order chi connectivity index (χ1) is 22.9. The SMILES string of the molecule is Cc1ccc(S(=O)(=O)n2cc(/C=C/C(=O)N[C@@H](Cc3cn(S(=O)(=O)c4ccc(C)cc4)c4ccccc34)C(=O)O)c3ccccc32)cc1. The molecule has 0 bridgehead atoms. The molecule has 1 amide bonds. The summed E-state index contributed by atoms with van der Waals surface area (Å²) in [6.45, 7) is 3.71. The first-order valence-electron chi connectivity index (χ1n) is 14.9. The molecular formula is C36H31N3O7S2. The van der Waals surface area contributed by atoms with Crippen LogP contribution in [0.1, 0.15) is 22.3 Å². The minimum Gasteiger partial charge on any atom is -0.480 e. The smallest absolute Gasteiger partial charge is 0.326 e. The Morgan fingerprint density at radius 3 is 1.73 bits per heavy atom. The number of nitrogens with zero attached hydrogens (tertiary/aromatic N) is 2. The zero-order valence-corrected chi connectivity index (χ0v) is 27.6. The van der Waals surface area contributed by atoms with Crippen molar-refractivity contribution in [1.29, 1.82) is 0 Å². The molecule has 0 saturated carbocycles. The summed E-state index contributed by atoms with van der Waals surface area (Å²) in [5, 5.41) is 13.6. The lowest BCUT2D eigenvalue weighted by molar-refractivity contribution is -0.141. The molecule has 2 N–H and O–H groups in total. The number of carbonyl (C=O) groups is 2. The molecule has 0 spiro atoms. The number of aromatic nitrogens is 2. The van der Waals surface area contributed by atoms with Gasteiger partial charge in [0.1, 0.15) is 6.04 Å². The standard InChI is InChI=1S/C36H31N3O7S2/c1-24-11-16-28(17-12-24)47(43,44)38-22-26(30-7-3-5-9-33(30)38)15-20-35(40)37-32(36(41)42)21-27-23-39(34-10-6-4-8-31(27)34)48(45,46)29-18-13-25(2)14-19-29/h3-20,22-23,32H,21H2,1-2H3,(H,37,40)(H,41,42)/b20-15+/t32-/m0/s1. The molecule has 12 heteroatoms. The van der Waals surface area contributed by atoms with Crippen molar-refractivity contribution in [3.05, 3.63) is 138 Å². The van der Waals surface area contributed by atoms with Crippen LogP contribution in [0.4, 0.5) is 0 Å². The summed E-state index contributed by atoms with van der Waals surface area (Å²) < 4.78 is 56.4. The molecule has 0 saturated heterocycles. The number of aryl methyl sites for hydroxylation is 2. The molecule has 0 aliphatic carbocycles. The van der Waals surface area contributed by atoms with Gasteiger partial charge in [0, 0.05) is 41.2 Å². The lowest BCUT2D eigenvalue weighted by Gasteiger charge is -2.13. The minimum absolute atomic E-state index is 0.0849. The van der Waals surface area contributed by atoms with E-state index in [0.717, 1.165) is 25.1 Å². The number of aliphatic carboxylic acids is 1. The van der Waals surface area contributed by atoms with Crippen molar-refractivity contribution in [3.63, 3.8) is 0 Å². The van der Waals surface area contributed by atoms with Gasteiger partial charge in [-0.1, -0.05) is 71.8 Å². The zero-order chi connectivity index (χ0) is 34.2. The molecule has 2 aromatic heterocycles. The molecule has 0 radical (unpaired) electrons. The lowest BCUT2D eigenvalue weighted by Crippen LogP contribution is -2.41. The Hall–Kier alpha value is -5.46. The number of para-hydroxylation sites is 2. The lowest BCUT2D eigenvalue weighted by atomic mass is 10.0. The van der Waals surface area contributed by atoms with E-state index >= 15 is 0 Å². The molecule has 48 heavy (non-hydrogen) atoms. The van der Waals surface area contributed by atoms with Gasteiger partial charge in [0.05, 0.1) is 20.8 Å². The quantitative estimate of drug-likeness (QED) is 0.181. The molecule has 0 unspecified atom stereocenters. The Kier molecular flexibility index (Phi) is 8.54. The third-order valence-corrected chi connectivity index (χ3v) is 11.5. The molecule has 4 aromatic carbocycles. The number of fused-ring (bicyclic) bond motifs is 2. The molecule has 0 aliphatic rings. The minimum atomic E-state index is -4.00. The van der Waals surface area contributed by atoms with Crippen LogP contribution in [0.15, 0.2) is 125 Å². The van der Waals surface area contributed by atoms with E-state index < -0.39 is 38.0 Å². The van der Waals surface area contributed by atoms with Crippen molar-refractivity contribution < 1.29 is 31.5 Å². The summed E-state index contributed by atoms with van der Waals surface area (Å²) in [6.07, 6.45) is 5.19. The molecule has 0 aliphatic heterocycles. The highest BCUT2D eigenvalue weighted by Crippen LogP contribution is 2.29. The number of carboxylic acid groups (broad SMARTS) is 1. The molecule has 6 rings (SSSR count). The monoisotopic (exact) mass is 681 g/mol. The topological polar surface area (TPSA) is 145 Å². The predicted octanol–water partition coefficient (Wildman–Crippen LogP) is 5.51. The Bertz CT molecular complexity index is 2440. The van der Waals surface area contributed by atoms with Crippen molar-refractivity contribution in [3.8, 4) is 0 Å². The molecular weight excluding hydrogens is 651 g/mol.